The van der Waals surface area contributed by atoms with Gasteiger partial charge in [0, 0.05) is 6.04 Å². The summed E-state index contributed by atoms with van der Waals surface area (Å²) < 4.78 is 0. The molecule has 1 heterocycles. The summed E-state index contributed by atoms with van der Waals surface area (Å²) in [6, 6.07) is 0.712. The summed E-state index contributed by atoms with van der Waals surface area (Å²) in [4.78, 5) is 2.54. The SMILES string of the molecule is CCN1CCCNC(C)CC1. The Bertz CT molecular complexity index is 104. The highest BCUT2D eigenvalue weighted by Gasteiger charge is 2.08. The molecular formula is C9H20N2. The summed E-state index contributed by atoms with van der Waals surface area (Å²) in [6.07, 6.45) is 2.60. The van der Waals surface area contributed by atoms with Crippen molar-refractivity contribution in [1.29, 1.82) is 0 Å². The molecular weight excluding hydrogens is 136 g/mol. The number of hydrogen-bond acceptors (Lipinski definition) is 2. The van der Waals surface area contributed by atoms with Crippen molar-refractivity contribution >= 4 is 0 Å². The minimum Gasteiger partial charge on any atom is -0.314 e. The predicted molar refractivity (Wildman–Crippen MR) is 48.8 cm³/mol. The second-order valence-electron chi connectivity index (χ2n) is 3.43. The molecule has 0 spiro atoms. The average molecular weight is 156 g/mol. The van der Waals surface area contributed by atoms with Crippen molar-refractivity contribution in [3.63, 3.8) is 0 Å². The zero-order chi connectivity index (χ0) is 8.10. The molecule has 0 aromatic carbocycles. The van der Waals surface area contributed by atoms with E-state index in [2.05, 4.69) is 24.1 Å². The predicted octanol–water partition coefficient (Wildman–Crippen LogP) is 1.08. The Hall–Kier alpha value is -0.0800. The van der Waals surface area contributed by atoms with Crippen LogP contribution in [0, 0.1) is 0 Å². The molecule has 0 radical (unpaired) electrons. The minimum absolute atomic E-state index is 0.712. The molecule has 1 atom stereocenters. The molecule has 1 aliphatic rings. The van der Waals surface area contributed by atoms with Gasteiger partial charge in [-0.3, -0.25) is 0 Å². The number of rotatable bonds is 1. The zero-order valence-electron chi connectivity index (χ0n) is 7.77. The van der Waals surface area contributed by atoms with E-state index in [0.717, 1.165) is 0 Å². The largest absolute Gasteiger partial charge is 0.314 e. The molecule has 1 N–H and O–H groups in total. The maximum absolute atomic E-state index is 3.50. The monoisotopic (exact) mass is 156 g/mol. The molecule has 0 saturated carbocycles. The van der Waals surface area contributed by atoms with Gasteiger partial charge in [0.2, 0.25) is 0 Å². The summed E-state index contributed by atoms with van der Waals surface area (Å²) in [7, 11) is 0. The van der Waals surface area contributed by atoms with E-state index in [0.29, 0.717) is 6.04 Å². The average Bonchev–Trinajstić information content (AvgIpc) is 1.98. The van der Waals surface area contributed by atoms with E-state index in [9.17, 15) is 0 Å². The van der Waals surface area contributed by atoms with E-state index in [1.807, 2.05) is 0 Å². The Morgan fingerprint density at radius 2 is 2.27 bits per heavy atom. The molecule has 1 saturated heterocycles. The van der Waals surface area contributed by atoms with Gasteiger partial charge >= 0.3 is 0 Å². The van der Waals surface area contributed by atoms with Crippen LogP contribution in [0.5, 0.6) is 0 Å². The molecule has 0 aromatic heterocycles. The first kappa shape index (κ1) is 9.01. The van der Waals surface area contributed by atoms with Crippen LogP contribution in [-0.2, 0) is 0 Å². The minimum atomic E-state index is 0.712. The second kappa shape index (κ2) is 4.73. The number of nitrogens with zero attached hydrogens (tertiary/aromatic N) is 1. The van der Waals surface area contributed by atoms with Crippen molar-refractivity contribution in [3.8, 4) is 0 Å². The van der Waals surface area contributed by atoms with Crippen LogP contribution in [0.4, 0.5) is 0 Å². The molecule has 2 heteroatoms. The summed E-state index contributed by atoms with van der Waals surface area (Å²) in [6.45, 7) is 9.48. The van der Waals surface area contributed by atoms with E-state index in [1.165, 1.54) is 39.0 Å². The van der Waals surface area contributed by atoms with Gasteiger partial charge < -0.3 is 10.2 Å². The third-order valence-corrected chi connectivity index (χ3v) is 2.47. The van der Waals surface area contributed by atoms with Gasteiger partial charge in [-0.25, -0.2) is 0 Å². The number of hydrogen-bond donors (Lipinski definition) is 1. The van der Waals surface area contributed by atoms with E-state index in [-0.39, 0.29) is 0 Å². The lowest BCUT2D eigenvalue weighted by molar-refractivity contribution is 0.248. The quantitative estimate of drug-likeness (QED) is 0.611. The summed E-state index contributed by atoms with van der Waals surface area (Å²) in [5, 5.41) is 3.50. The molecule has 1 rings (SSSR count). The fraction of sp³-hybridized carbons (Fsp3) is 1.00. The van der Waals surface area contributed by atoms with E-state index < -0.39 is 0 Å². The first-order valence-electron chi connectivity index (χ1n) is 4.78. The fourth-order valence-electron chi connectivity index (χ4n) is 1.56. The smallest absolute Gasteiger partial charge is 0.00509 e. The Labute approximate surface area is 70.0 Å². The highest BCUT2D eigenvalue weighted by molar-refractivity contribution is 4.68. The maximum Gasteiger partial charge on any atom is 0.00509 e. The van der Waals surface area contributed by atoms with Crippen LogP contribution in [0.3, 0.4) is 0 Å². The molecule has 1 unspecified atom stereocenters. The normalized spacial score (nSPS) is 29.5. The van der Waals surface area contributed by atoms with Crippen LogP contribution in [0.25, 0.3) is 0 Å². The standard InChI is InChI=1S/C9H20N2/c1-3-11-7-4-6-10-9(2)5-8-11/h9-10H,3-8H2,1-2H3. The molecule has 0 bridgehead atoms. The highest BCUT2D eigenvalue weighted by Crippen LogP contribution is 2.00. The summed E-state index contributed by atoms with van der Waals surface area (Å²) >= 11 is 0. The van der Waals surface area contributed by atoms with Crippen molar-refractivity contribution in [1.82, 2.24) is 10.2 Å². The molecule has 11 heavy (non-hydrogen) atoms. The molecule has 0 amide bonds. The molecule has 0 aromatic rings. The zero-order valence-corrected chi connectivity index (χ0v) is 7.77. The van der Waals surface area contributed by atoms with Crippen LogP contribution in [0.2, 0.25) is 0 Å². The van der Waals surface area contributed by atoms with Gasteiger partial charge in [0.25, 0.3) is 0 Å². The van der Waals surface area contributed by atoms with Crippen molar-refractivity contribution in [2.24, 2.45) is 0 Å². The molecule has 0 aliphatic carbocycles. The van der Waals surface area contributed by atoms with Gasteiger partial charge in [-0.05, 0) is 45.9 Å². The van der Waals surface area contributed by atoms with Gasteiger partial charge in [-0.2, -0.15) is 0 Å². The van der Waals surface area contributed by atoms with Crippen molar-refractivity contribution in [3.05, 3.63) is 0 Å². The lowest BCUT2D eigenvalue weighted by Gasteiger charge is -2.26. The van der Waals surface area contributed by atoms with Crippen molar-refractivity contribution in [2.75, 3.05) is 26.2 Å². The van der Waals surface area contributed by atoms with Crippen molar-refractivity contribution in [2.45, 2.75) is 32.7 Å². The van der Waals surface area contributed by atoms with Crippen LogP contribution in [-0.4, -0.2) is 37.1 Å². The maximum atomic E-state index is 3.50. The van der Waals surface area contributed by atoms with Crippen LogP contribution < -0.4 is 5.32 Å². The molecule has 66 valence electrons. The summed E-state index contributed by atoms with van der Waals surface area (Å²) in [5.74, 6) is 0. The van der Waals surface area contributed by atoms with Gasteiger partial charge in [0.15, 0.2) is 0 Å². The van der Waals surface area contributed by atoms with Crippen LogP contribution >= 0.6 is 0 Å². The van der Waals surface area contributed by atoms with Gasteiger partial charge in [-0.15, -0.1) is 0 Å². The molecule has 2 nitrogen and oxygen atoms in total. The fourth-order valence-corrected chi connectivity index (χ4v) is 1.56. The Morgan fingerprint density at radius 3 is 3.00 bits per heavy atom. The van der Waals surface area contributed by atoms with Gasteiger partial charge in [0.05, 0.1) is 0 Å². The number of nitrogens with one attached hydrogen (secondary N) is 1. The van der Waals surface area contributed by atoms with Gasteiger partial charge in [-0.1, -0.05) is 6.92 Å². The Balaban J connectivity index is 2.25. The van der Waals surface area contributed by atoms with Crippen LogP contribution in [0.1, 0.15) is 26.7 Å². The third kappa shape index (κ3) is 3.21. The first-order valence-corrected chi connectivity index (χ1v) is 4.78. The molecule has 1 aliphatic heterocycles. The van der Waals surface area contributed by atoms with Gasteiger partial charge in [0.1, 0.15) is 0 Å². The second-order valence-corrected chi connectivity index (χ2v) is 3.43. The molecule has 1 fully saturated rings. The van der Waals surface area contributed by atoms with E-state index in [4.69, 9.17) is 0 Å². The topological polar surface area (TPSA) is 15.3 Å². The highest BCUT2D eigenvalue weighted by atomic mass is 15.1. The summed E-state index contributed by atoms with van der Waals surface area (Å²) in [5.41, 5.74) is 0. The lowest BCUT2D eigenvalue weighted by Crippen LogP contribution is -2.38. The van der Waals surface area contributed by atoms with E-state index in [1.54, 1.807) is 0 Å². The Kier molecular flexibility index (Phi) is 3.87. The third-order valence-electron chi connectivity index (χ3n) is 2.47. The van der Waals surface area contributed by atoms with E-state index >= 15 is 0 Å². The van der Waals surface area contributed by atoms with Crippen LogP contribution in [0.15, 0.2) is 0 Å². The Morgan fingerprint density at radius 1 is 1.45 bits per heavy atom. The lowest BCUT2D eigenvalue weighted by atomic mass is 10.2. The van der Waals surface area contributed by atoms with Crippen molar-refractivity contribution < 1.29 is 0 Å². The first-order chi connectivity index (χ1) is 5.33.